The molecule has 9 fully saturated rings. The first-order chi connectivity index (χ1) is 33.2. The molecule has 3 saturated heterocycles. The van der Waals surface area contributed by atoms with Crippen molar-refractivity contribution in [2.75, 3.05) is 39.6 Å². The van der Waals surface area contributed by atoms with Crippen molar-refractivity contribution in [3.8, 4) is 17.2 Å². The number of ether oxygens (including phenoxy) is 6. The average molecular weight is 982 g/mol. The van der Waals surface area contributed by atoms with Gasteiger partial charge >= 0.3 is 0 Å². The second-order valence-corrected chi connectivity index (χ2v) is 16.9. The van der Waals surface area contributed by atoms with Crippen LogP contribution >= 0.6 is 0 Å². The quantitative estimate of drug-likeness (QED) is 0.199. The Labute approximate surface area is 436 Å². The van der Waals surface area contributed by atoms with Gasteiger partial charge in [-0.2, -0.15) is 0 Å². The Kier molecular flexibility index (Phi) is 46.6. The van der Waals surface area contributed by atoms with Gasteiger partial charge in [0.05, 0.1) is 19.8 Å². The number of fused-ring (bicyclic) bond motifs is 10. The molecular formula is C64H116O6. The van der Waals surface area contributed by atoms with Gasteiger partial charge in [-0.15, -0.1) is 0 Å². The fourth-order valence-corrected chi connectivity index (χ4v) is 10.6. The molecule has 3 aromatic rings. The molecular weight excluding hydrogens is 865 g/mol. The van der Waals surface area contributed by atoms with E-state index in [-0.39, 0.29) is 22.3 Å². The molecule has 3 aliphatic heterocycles. The second-order valence-electron chi connectivity index (χ2n) is 16.9. The molecule has 0 radical (unpaired) electrons. The van der Waals surface area contributed by atoms with E-state index in [1.54, 1.807) is 77.0 Å². The first kappa shape index (κ1) is 71.2. The highest BCUT2D eigenvalue weighted by Crippen LogP contribution is 2.59. The summed E-state index contributed by atoms with van der Waals surface area (Å²) in [4.78, 5) is 0. The van der Waals surface area contributed by atoms with E-state index < -0.39 is 0 Å². The van der Waals surface area contributed by atoms with Crippen molar-refractivity contribution >= 4 is 0 Å². The first-order valence-electron chi connectivity index (χ1n) is 28.1. The van der Waals surface area contributed by atoms with Gasteiger partial charge in [-0.1, -0.05) is 187 Å². The van der Waals surface area contributed by atoms with E-state index in [9.17, 15) is 0 Å². The highest BCUT2D eigenvalue weighted by Gasteiger charge is 2.49. The summed E-state index contributed by atoms with van der Waals surface area (Å²) in [6.45, 7) is 32.6. The molecule has 3 aromatic carbocycles. The van der Waals surface area contributed by atoms with Crippen LogP contribution in [0.1, 0.15) is 196 Å². The molecule has 408 valence electrons. The topological polar surface area (TPSA) is 65.3 Å². The van der Waals surface area contributed by atoms with Crippen LogP contribution in [-0.2, 0) is 14.2 Å². The average Bonchev–Trinajstić information content (AvgIpc) is 4.34. The predicted molar refractivity (Wildman–Crippen MR) is 308 cm³/mol. The third kappa shape index (κ3) is 27.1. The fourth-order valence-electron chi connectivity index (χ4n) is 10.6. The minimum Gasteiger partial charge on any atom is -0.491 e. The lowest BCUT2D eigenvalue weighted by Gasteiger charge is -2.23. The normalized spacial score (nSPS) is 27.1. The Morgan fingerprint density at radius 3 is 0.714 bits per heavy atom. The summed E-state index contributed by atoms with van der Waals surface area (Å²) < 4.78 is 31.2. The molecule has 0 aromatic heterocycles. The first-order valence-corrected chi connectivity index (χ1v) is 28.1. The zero-order valence-electron chi connectivity index (χ0n) is 45.7. The molecule has 0 N–H and O–H groups in total. The number of benzene rings is 3. The van der Waals surface area contributed by atoms with Crippen LogP contribution in [0.5, 0.6) is 17.2 Å². The van der Waals surface area contributed by atoms with E-state index in [0.29, 0.717) is 38.1 Å². The number of rotatable bonds is 9. The molecule has 4 bridgehead atoms. The molecule has 3 heterocycles. The third-order valence-corrected chi connectivity index (χ3v) is 13.4. The van der Waals surface area contributed by atoms with Crippen LogP contribution in [-0.4, -0.2) is 58.0 Å². The van der Waals surface area contributed by atoms with E-state index in [1.165, 1.54) is 47.3 Å². The molecule has 0 amide bonds. The summed E-state index contributed by atoms with van der Waals surface area (Å²) in [5, 5.41) is 0. The lowest BCUT2D eigenvalue weighted by Crippen LogP contribution is -2.15. The van der Waals surface area contributed by atoms with E-state index in [0.717, 1.165) is 37.1 Å². The lowest BCUT2D eigenvalue weighted by atomic mass is 9.82. The van der Waals surface area contributed by atoms with E-state index >= 15 is 0 Å². The predicted octanol–water partition coefficient (Wildman–Crippen LogP) is 19.1. The summed E-state index contributed by atoms with van der Waals surface area (Å²) in [5.41, 5.74) is 0. The molecule has 12 rings (SSSR count). The van der Waals surface area contributed by atoms with Gasteiger partial charge in [0.1, 0.15) is 55.4 Å². The molecule has 11 unspecified atom stereocenters. The van der Waals surface area contributed by atoms with Gasteiger partial charge in [0.25, 0.3) is 0 Å². The number of hydrogen-bond acceptors (Lipinski definition) is 6. The molecule has 6 heteroatoms. The largest absolute Gasteiger partial charge is 0.491 e. The zero-order chi connectivity index (χ0) is 49.7. The molecule has 70 heavy (non-hydrogen) atoms. The number of hydrogen-bond donors (Lipinski definition) is 0. The minimum atomic E-state index is 0. The van der Waals surface area contributed by atoms with Crippen LogP contribution in [0.4, 0.5) is 0 Å². The van der Waals surface area contributed by atoms with Gasteiger partial charge in [0, 0.05) is 0 Å². The van der Waals surface area contributed by atoms with Gasteiger partial charge < -0.3 is 28.4 Å². The van der Waals surface area contributed by atoms with Crippen molar-refractivity contribution in [2.45, 2.75) is 215 Å². The van der Waals surface area contributed by atoms with Gasteiger partial charge in [0.15, 0.2) is 0 Å². The monoisotopic (exact) mass is 981 g/mol. The van der Waals surface area contributed by atoms with Crippen LogP contribution in [0.3, 0.4) is 0 Å². The van der Waals surface area contributed by atoms with Crippen molar-refractivity contribution in [1.82, 2.24) is 0 Å². The maximum atomic E-state index is 5.40. The third-order valence-electron chi connectivity index (χ3n) is 13.4. The van der Waals surface area contributed by atoms with Gasteiger partial charge in [-0.3, -0.25) is 0 Å². The van der Waals surface area contributed by atoms with E-state index in [4.69, 9.17) is 28.4 Å². The lowest BCUT2D eigenvalue weighted by molar-refractivity contribution is 0.259. The van der Waals surface area contributed by atoms with Gasteiger partial charge in [-0.05, 0) is 148 Å². The van der Waals surface area contributed by atoms with Crippen LogP contribution < -0.4 is 14.2 Å². The Morgan fingerprint density at radius 1 is 0.329 bits per heavy atom. The van der Waals surface area contributed by atoms with Crippen molar-refractivity contribution < 1.29 is 28.4 Å². The summed E-state index contributed by atoms with van der Waals surface area (Å²) in [6.07, 6.45) is 20.1. The highest BCUT2D eigenvalue weighted by molar-refractivity contribution is 5.22. The van der Waals surface area contributed by atoms with E-state index in [2.05, 4.69) is 0 Å². The van der Waals surface area contributed by atoms with Crippen LogP contribution in [0.2, 0.25) is 0 Å². The Balaban J connectivity index is -0.000000746. The van der Waals surface area contributed by atoms with Crippen LogP contribution in [0, 0.1) is 47.3 Å². The van der Waals surface area contributed by atoms with Crippen molar-refractivity contribution in [2.24, 2.45) is 47.3 Å². The Hall–Kier alpha value is -3.06. The molecule has 11 atom stereocenters. The minimum absolute atomic E-state index is 0. The van der Waals surface area contributed by atoms with Gasteiger partial charge in [0.2, 0.25) is 0 Å². The molecule has 6 aliphatic carbocycles. The number of para-hydroxylation sites is 3. The molecule has 9 aliphatic rings. The Morgan fingerprint density at radius 2 is 0.529 bits per heavy atom. The standard InChI is InChI=1S/2C10H16.3C9H10O2.7C2H6.3CH4/c2*1-2-9-7-4-5-8(6-7)10(9)3-1;3*1-2-4-8(5-3-1)10-6-9-7-11-9;7*1-2;;;/h2*7-10H,1-6H2;3*1-5,9H,6-7H2;7*1-2H3;3*1H4. The van der Waals surface area contributed by atoms with Gasteiger partial charge in [-0.25, -0.2) is 0 Å². The summed E-state index contributed by atoms with van der Waals surface area (Å²) in [7, 11) is 0. The van der Waals surface area contributed by atoms with Crippen LogP contribution in [0.15, 0.2) is 91.0 Å². The maximum Gasteiger partial charge on any atom is 0.119 e. The SMILES string of the molecule is C.C.C.C1CC2C3CCC(C3)C2C1.C1CC2C3CCC(C3)C2C1.CC.CC.CC.CC.CC.CC.CC.c1ccc(OCC2CO2)cc1.c1ccc(OCC2CO2)cc1.c1ccc(OCC2CO2)cc1. The van der Waals surface area contributed by atoms with Crippen LogP contribution in [0.25, 0.3) is 0 Å². The molecule has 6 saturated carbocycles. The molecule has 6 nitrogen and oxygen atoms in total. The summed E-state index contributed by atoms with van der Waals surface area (Å²) in [6, 6.07) is 29.4. The zero-order valence-corrected chi connectivity index (χ0v) is 45.7. The second kappa shape index (κ2) is 45.8. The van der Waals surface area contributed by atoms with E-state index in [1.807, 2.05) is 188 Å². The smallest absolute Gasteiger partial charge is 0.119 e. The van der Waals surface area contributed by atoms with Crippen molar-refractivity contribution in [3.63, 3.8) is 0 Å². The maximum absolute atomic E-state index is 5.40. The summed E-state index contributed by atoms with van der Waals surface area (Å²) >= 11 is 0. The highest BCUT2D eigenvalue weighted by atomic mass is 16.6. The van der Waals surface area contributed by atoms with Crippen molar-refractivity contribution in [1.29, 1.82) is 0 Å². The fraction of sp³-hybridized carbons (Fsp3) is 0.719. The molecule has 0 spiro atoms. The Bertz CT molecular complexity index is 1290. The number of epoxide rings is 3. The summed E-state index contributed by atoms with van der Waals surface area (Å²) in [5.74, 6) is 12.4. The van der Waals surface area contributed by atoms with Crippen molar-refractivity contribution in [3.05, 3.63) is 91.0 Å².